The summed E-state index contributed by atoms with van der Waals surface area (Å²) < 4.78 is 6.18. The van der Waals surface area contributed by atoms with Gasteiger partial charge in [-0.2, -0.15) is 5.26 Å². The van der Waals surface area contributed by atoms with Gasteiger partial charge >= 0.3 is 0 Å². The lowest BCUT2D eigenvalue weighted by Crippen LogP contribution is -2.04. The summed E-state index contributed by atoms with van der Waals surface area (Å²) >= 11 is 0. The highest BCUT2D eigenvalue weighted by molar-refractivity contribution is 5.67. The van der Waals surface area contributed by atoms with Crippen molar-refractivity contribution in [2.24, 2.45) is 5.73 Å². The van der Waals surface area contributed by atoms with Gasteiger partial charge in [0.25, 0.3) is 0 Å². The van der Waals surface area contributed by atoms with Crippen molar-refractivity contribution in [3.8, 4) is 40.5 Å². The fourth-order valence-electron chi connectivity index (χ4n) is 3.02. The maximum Gasteiger partial charge on any atom is 0.178 e. The van der Waals surface area contributed by atoms with Gasteiger partial charge < -0.3 is 10.5 Å². The van der Waals surface area contributed by atoms with E-state index < -0.39 is 0 Å². The zero-order valence-corrected chi connectivity index (χ0v) is 16.9. The number of benzene rings is 1. The molecule has 8 nitrogen and oxygen atoms in total. The van der Waals surface area contributed by atoms with E-state index in [-0.39, 0.29) is 0 Å². The summed E-state index contributed by atoms with van der Waals surface area (Å²) in [5.41, 5.74) is 9.04. The van der Waals surface area contributed by atoms with Gasteiger partial charge in [-0.15, -0.1) is 0 Å². The predicted octanol–water partition coefficient (Wildman–Crippen LogP) is 3.47. The monoisotopic (exact) mass is 409 g/mol. The van der Waals surface area contributed by atoms with Crippen LogP contribution >= 0.6 is 0 Å². The number of hydrogen-bond acceptors (Lipinski definition) is 8. The van der Waals surface area contributed by atoms with Gasteiger partial charge in [-0.1, -0.05) is 0 Å². The van der Waals surface area contributed by atoms with E-state index in [2.05, 4.69) is 31.0 Å². The Morgan fingerprint density at radius 2 is 1.77 bits per heavy atom. The Morgan fingerprint density at radius 3 is 2.48 bits per heavy atom. The van der Waals surface area contributed by atoms with Crippen LogP contribution in [0.3, 0.4) is 0 Å². The van der Waals surface area contributed by atoms with Crippen LogP contribution < -0.4 is 10.5 Å². The first kappa shape index (κ1) is 20.1. The Morgan fingerprint density at radius 1 is 1.00 bits per heavy atom. The molecule has 3 aromatic heterocycles. The Bertz CT molecular complexity index is 1240. The second-order valence-electron chi connectivity index (χ2n) is 6.78. The summed E-state index contributed by atoms with van der Waals surface area (Å²) in [6, 6.07) is 12.6. The molecule has 0 aliphatic heterocycles. The zero-order chi connectivity index (χ0) is 21.6. The number of pyridine rings is 1. The van der Waals surface area contributed by atoms with Crippen LogP contribution in [-0.2, 0) is 6.42 Å². The Hall–Kier alpha value is -4.22. The number of aryl methyl sites for hydroxylation is 1. The van der Waals surface area contributed by atoms with Gasteiger partial charge in [-0.3, -0.25) is 0 Å². The SMILES string of the molecule is Cc1cc(Oc2cc(C#N)ccc2-c2ncc(CCN)cn2)cc(-c2ncccn2)n1. The summed E-state index contributed by atoms with van der Waals surface area (Å²) in [5.74, 6) is 2.01. The number of hydrogen-bond donors (Lipinski definition) is 1. The quantitative estimate of drug-likeness (QED) is 0.513. The van der Waals surface area contributed by atoms with E-state index in [9.17, 15) is 5.26 Å². The molecule has 0 fully saturated rings. The molecule has 4 aromatic rings. The van der Waals surface area contributed by atoms with Crippen LogP contribution in [0.2, 0.25) is 0 Å². The van der Waals surface area contributed by atoms with Crippen molar-refractivity contribution in [2.45, 2.75) is 13.3 Å². The summed E-state index contributed by atoms with van der Waals surface area (Å²) in [7, 11) is 0. The number of rotatable bonds is 6. The fourth-order valence-corrected chi connectivity index (χ4v) is 3.02. The molecule has 0 aliphatic carbocycles. The number of nitrogens with two attached hydrogens (primary N) is 1. The minimum atomic E-state index is 0.468. The topological polar surface area (TPSA) is 123 Å². The van der Waals surface area contributed by atoms with Gasteiger partial charge in [0, 0.05) is 42.6 Å². The molecule has 0 amide bonds. The third-order valence-electron chi connectivity index (χ3n) is 4.44. The van der Waals surface area contributed by atoms with Crippen molar-refractivity contribution in [3.63, 3.8) is 0 Å². The Balaban J connectivity index is 1.73. The molecule has 2 N–H and O–H groups in total. The first-order valence-electron chi connectivity index (χ1n) is 9.65. The molecular weight excluding hydrogens is 390 g/mol. The molecular formula is C23H19N7O. The average Bonchev–Trinajstić information content (AvgIpc) is 2.80. The average molecular weight is 409 g/mol. The fraction of sp³-hybridized carbons (Fsp3) is 0.130. The van der Waals surface area contributed by atoms with Crippen molar-refractivity contribution in [1.29, 1.82) is 5.26 Å². The Labute approximate surface area is 179 Å². The van der Waals surface area contributed by atoms with Crippen LogP contribution in [0, 0.1) is 18.3 Å². The molecule has 0 unspecified atom stereocenters. The maximum atomic E-state index is 9.35. The Kier molecular flexibility index (Phi) is 5.87. The molecule has 0 atom stereocenters. The van der Waals surface area contributed by atoms with Gasteiger partial charge in [0.2, 0.25) is 0 Å². The molecule has 152 valence electrons. The molecule has 0 saturated heterocycles. The largest absolute Gasteiger partial charge is 0.456 e. The minimum Gasteiger partial charge on any atom is -0.456 e. The molecule has 0 radical (unpaired) electrons. The molecule has 3 heterocycles. The molecule has 4 rings (SSSR count). The third-order valence-corrected chi connectivity index (χ3v) is 4.44. The molecule has 0 saturated carbocycles. The van der Waals surface area contributed by atoms with Crippen LogP contribution in [0.4, 0.5) is 0 Å². The summed E-state index contributed by atoms with van der Waals surface area (Å²) in [4.78, 5) is 21.9. The summed E-state index contributed by atoms with van der Waals surface area (Å²) in [6.07, 6.45) is 7.52. The van der Waals surface area contributed by atoms with E-state index in [1.54, 1.807) is 61.2 Å². The van der Waals surface area contributed by atoms with Crippen molar-refractivity contribution < 1.29 is 4.74 Å². The molecule has 0 spiro atoms. The number of nitrogens with zero attached hydrogens (tertiary/aromatic N) is 6. The lowest BCUT2D eigenvalue weighted by Gasteiger charge is -2.12. The number of nitriles is 1. The van der Waals surface area contributed by atoms with Crippen LogP contribution in [0.1, 0.15) is 16.8 Å². The summed E-state index contributed by atoms with van der Waals surface area (Å²) in [5, 5.41) is 9.35. The van der Waals surface area contributed by atoms with Crippen molar-refractivity contribution >= 4 is 0 Å². The number of ether oxygens (including phenoxy) is 1. The van der Waals surface area contributed by atoms with E-state index >= 15 is 0 Å². The molecule has 31 heavy (non-hydrogen) atoms. The second-order valence-corrected chi connectivity index (χ2v) is 6.78. The standard InChI is InChI=1S/C23H19N7O/c1-15-9-18(11-20(30-15)23-26-7-2-8-27-23)31-21-10-16(12-25)3-4-19(21)22-28-13-17(5-6-24)14-29-22/h2-4,7-11,13-14H,5-6,24H2,1H3. The van der Waals surface area contributed by atoms with Crippen LogP contribution in [-0.4, -0.2) is 31.5 Å². The van der Waals surface area contributed by atoms with Gasteiger partial charge in [-0.05, 0) is 49.7 Å². The smallest absolute Gasteiger partial charge is 0.178 e. The first-order chi connectivity index (χ1) is 15.2. The van der Waals surface area contributed by atoms with Crippen molar-refractivity contribution in [3.05, 3.63) is 78.0 Å². The highest BCUT2D eigenvalue weighted by atomic mass is 16.5. The van der Waals surface area contributed by atoms with E-state index in [0.717, 1.165) is 11.3 Å². The second kappa shape index (κ2) is 9.07. The van der Waals surface area contributed by atoms with E-state index in [1.165, 1.54) is 0 Å². The lowest BCUT2D eigenvalue weighted by atomic mass is 10.1. The van der Waals surface area contributed by atoms with Crippen molar-refractivity contribution in [1.82, 2.24) is 24.9 Å². The van der Waals surface area contributed by atoms with Crippen molar-refractivity contribution in [2.75, 3.05) is 6.54 Å². The highest BCUT2D eigenvalue weighted by Crippen LogP contribution is 2.33. The molecule has 1 aromatic carbocycles. The maximum absolute atomic E-state index is 9.35. The zero-order valence-electron chi connectivity index (χ0n) is 16.9. The highest BCUT2D eigenvalue weighted by Gasteiger charge is 2.14. The van der Waals surface area contributed by atoms with Gasteiger partial charge in [0.1, 0.15) is 17.2 Å². The van der Waals surface area contributed by atoms with Gasteiger partial charge in [-0.25, -0.2) is 24.9 Å². The van der Waals surface area contributed by atoms with Gasteiger partial charge in [0.05, 0.1) is 17.2 Å². The van der Waals surface area contributed by atoms with Crippen LogP contribution in [0.15, 0.2) is 61.2 Å². The first-order valence-corrected chi connectivity index (χ1v) is 9.65. The molecule has 0 bridgehead atoms. The van der Waals surface area contributed by atoms with E-state index in [4.69, 9.17) is 10.5 Å². The lowest BCUT2D eigenvalue weighted by molar-refractivity contribution is 0.483. The minimum absolute atomic E-state index is 0.468. The summed E-state index contributed by atoms with van der Waals surface area (Å²) in [6.45, 7) is 2.40. The normalized spacial score (nSPS) is 10.5. The van der Waals surface area contributed by atoms with Gasteiger partial charge in [0.15, 0.2) is 11.6 Å². The third kappa shape index (κ3) is 4.69. The van der Waals surface area contributed by atoms with Crippen LogP contribution in [0.25, 0.3) is 22.9 Å². The van der Waals surface area contributed by atoms with Crippen LogP contribution in [0.5, 0.6) is 11.5 Å². The van der Waals surface area contributed by atoms with E-state index in [0.29, 0.717) is 52.9 Å². The molecule has 8 heteroatoms. The predicted molar refractivity (Wildman–Crippen MR) is 115 cm³/mol. The van der Waals surface area contributed by atoms with E-state index in [1.807, 2.05) is 6.92 Å². The number of aromatic nitrogens is 5. The molecule has 0 aliphatic rings.